The molecule has 0 saturated carbocycles. The van der Waals surface area contributed by atoms with Gasteiger partial charge < -0.3 is 4.74 Å². The minimum absolute atomic E-state index is 0.156. The molecule has 0 N–H and O–H groups in total. The maximum atomic E-state index is 12.9. The van der Waals surface area contributed by atoms with Crippen molar-refractivity contribution in [2.45, 2.75) is 5.92 Å². The van der Waals surface area contributed by atoms with E-state index in [0.717, 1.165) is 22.6 Å². The maximum Gasteiger partial charge on any atom is 0.186 e. The van der Waals surface area contributed by atoms with Crippen LogP contribution in [0.25, 0.3) is 17.3 Å². The summed E-state index contributed by atoms with van der Waals surface area (Å²) in [4.78, 5) is 17.4. The van der Waals surface area contributed by atoms with Crippen molar-refractivity contribution in [1.82, 2.24) is 4.98 Å². The summed E-state index contributed by atoms with van der Waals surface area (Å²) in [5.41, 5.74) is 2.92. The Kier molecular flexibility index (Phi) is 4.76. The van der Waals surface area contributed by atoms with Gasteiger partial charge >= 0.3 is 0 Å². The number of halogens is 1. The molecule has 1 atom stereocenters. The summed E-state index contributed by atoms with van der Waals surface area (Å²) in [5, 5.41) is 12.6. The van der Waals surface area contributed by atoms with Gasteiger partial charge in [-0.25, -0.2) is 4.98 Å². The summed E-state index contributed by atoms with van der Waals surface area (Å²) in [6.07, 6.45) is 1.79. The Bertz CT molecular complexity index is 1080. The average molecular weight is 393 g/mol. The molecular weight excluding hydrogens is 380 g/mol. The largest absolute Gasteiger partial charge is 0.488 e. The number of hydrogen-bond acceptors (Lipinski definition) is 5. The highest BCUT2D eigenvalue weighted by molar-refractivity contribution is 7.10. The normalized spacial score (nSPS) is 13.7. The first-order valence-corrected chi connectivity index (χ1v) is 9.49. The van der Waals surface area contributed by atoms with Gasteiger partial charge in [0, 0.05) is 27.1 Å². The second-order valence-corrected chi connectivity index (χ2v) is 7.33. The molecule has 1 aliphatic heterocycles. The number of rotatable bonds is 4. The smallest absolute Gasteiger partial charge is 0.186 e. The number of Topliss-reactive ketones (excluding diaryl/α,β-unsaturated/α-hetero) is 1. The molecular formula is C21H13ClN2O2S. The van der Waals surface area contributed by atoms with Gasteiger partial charge in [0.2, 0.25) is 0 Å². The van der Waals surface area contributed by atoms with E-state index in [2.05, 4.69) is 11.1 Å². The van der Waals surface area contributed by atoms with Gasteiger partial charge in [0.05, 0.1) is 11.8 Å². The summed E-state index contributed by atoms with van der Waals surface area (Å²) < 4.78 is 5.65. The van der Waals surface area contributed by atoms with E-state index >= 15 is 0 Å². The molecule has 0 spiro atoms. The number of thiazole rings is 1. The molecule has 0 bridgehead atoms. The maximum absolute atomic E-state index is 12.9. The zero-order chi connectivity index (χ0) is 18.8. The number of nitriles is 1. The molecule has 1 aliphatic rings. The number of aromatic nitrogens is 1. The van der Waals surface area contributed by atoms with Crippen molar-refractivity contribution in [2.24, 2.45) is 0 Å². The summed E-state index contributed by atoms with van der Waals surface area (Å²) in [7, 11) is 0. The van der Waals surface area contributed by atoms with Crippen molar-refractivity contribution in [3.8, 4) is 23.1 Å². The molecule has 27 heavy (non-hydrogen) atoms. The first-order valence-electron chi connectivity index (χ1n) is 8.23. The molecule has 0 aliphatic carbocycles. The Morgan fingerprint density at radius 3 is 2.78 bits per heavy atom. The van der Waals surface area contributed by atoms with Crippen LogP contribution >= 0.6 is 22.9 Å². The minimum Gasteiger partial charge on any atom is -0.488 e. The quantitative estimate of drug-likeness (QED) is 0.618. The van der Waals surface area contributed by atoms with Gasteiger partial charge in [-0.05, 0) is 24.3 Å². The van der Waals surface area contributed by atoms with Crippen LogP contribution in [0.15, 0.2) is 59.5 Å². The second-order valence-electron chi connectivity index (χ2n) is 6.00. The van der Waals surface area contributed by atoms with Crippen molar-refractivity contribution in [1.29, 1.82) is 5.26 Å². The van der Waals surface area contributed by atoms with E-state index in [1.165, 1.54) is 11.3 Å². The Hall–Kier alpha value is -2.94. The van der Waals surface area contributed by atoms with Gasteiger partial charge in [-0.2, -0.15) is 5.26 Å². The van der Waals surface area contributed by atoms with E-state index in [9.17, 15) is 10.1 Å². The molecule has 4 rings (SSSR count). The Balaban J connectivity index is 1.61. The Morgan fingerprint density at radius 1 is 1.22 bits per heavy atom. The van der Waals surface area contributed by atoms with Gasteiger partial charge in [0.25, 0.3) is 0 Å². The minimum atomic E-state index is -0.948. The molecule has 4 nitrogen and oxygen atoms in total. The van der Waals surface area contributed by atoms with Crippen molar-refractivity contribution >= 4 is 34.8 Å². The van der Waals surface area contributed by atoms with E-state index < -0.39 is 5.92 Å². The highest BCUT2D eigenvalue weighted by Gasteiger charge is 2.28. The van der Waals surface area contributed by atoms with Crippen molar-refractivity contribution in [3.63, 3.8) is 0 Å². The number of ketones is 1. The van der Waals surface area contributed by atoms with Crippen LogP contribution in [0.2, 0.25) is 5.02 Å². The molecule has 0 amide bonds. The molecule has 2 heterocycles. The second kappa shape index (κ2) is 7.36. The zero-order valence-corrected chi connectivity index (χ0v) is 15.6. The molecule has 3 aromatic rings. The molecule has 1 unspecified atom stereocenters. The average Bonchev–Trinajstić information content (AvgIpc) is 3.18. The van der Waals surface area contributed by atoms with E-state index in [-0.39, 0.29) is 12.4 Å². The number of benzene rings is 2. The number of para-hydroxylation sites is 1. The number of carbonyl (C=O) groups is 1. The predicted molar refractivity (Wildman–Crippen MR) is 106 cm³/mol. The predicted octanol–water partition coefficient (Wildman–Crippen LogP) is 5.12. The molecule has 0 saturated heterocycles. The topological polar surface area (TPSA) is 63.0 Å². The van der Waals surface area contributed by atoms with Crippen molar-refractivity contribution < 1.29 is 9.53 Å². The lowest BCUT2D eigenvalue weighted by molar-refractivity contribution is -0.116. The fourth-order valence-electron chi connectivity index (χ4n) is 2.84. The lowest BCUT2D eigenvalue weighted by Crippen LogP contribution is -2.20. The fourth-order valence-corrected chi connectivity index (χ4v) is 3.84. The fraction of sp³-hybridized carbons (Fsp3) is 0.0952. The standard InChI is InChI=1S/C21H13ClN2O2S/c22-16-7-5-13(6-8-16)18-12-27-21(24-18)17(10-23)20(25)15-9-14-3-1-2-4-19(14)26-11-15/h1-9,12,17H,11H2. The van der Waals surface area contributed by atoms with Gasteiger partial charge in [-0.3, -0.25) is 4.79 Å². The van der Waals surface area contributed by atoms with Crippen LogP contribution in [0.5, 0.6) is 5.75 Å². The van der Waals surface area contributed by atoms with Crippen LogP contribution in [0.4, 0.5) is 0 Å². The third kappa shape index (κ3) is 3.50. The van der Waals surface area contributed by atoms with Crippen molar-refractivity contribution in [3.05, 3.63) is 75.1 Å². The van der Waals surface area contributed by atoms with Gasteiger partial charge in [0.15, 0.2) is 11.7 Å². The summed E-state index contributed by atoms with van der Waals surface area (Å²) in [6, 6.07) is 16.9. The highest BCUT2D eigenvalue weighted by Crippen LogP contribution is 2.32. The summed E-state index contributed by atoms with van der Waals surface area (Å²) in [6.45, 7) is 0.156. The van der Waals surface area contributed by atoms with Crippen molar-refractivity contribution in [2.75, 3.05) is 6.61 Å². The van der Waals surface area contributed by atoms with E-state index in [0.29, 0.717) is 15.6 Å². The van der Waals surface area contributed by atoms with E-state index in [4.69, 9.17) is 16.3 Å². The number of hydrogen-bond donors (Lipinski definition) is 0. The van der Waals surface area contributed by atoms with Gasteiger partial charge in [-0.15, -0.1) is 11.3 Å². The van der Waals surface area contributed by atoms with Gasteiger partial charge in [-0.1, -0.05) is 41.9 Å². The van der Waals surface area contributed by atoms with Crippen LogP contribution < -0.4 is 4.74 Å². The highest BCUT2D eigenvalue weighted by atomic mass is 35.5. The van der Waals surface area contributed by atoms with E-state index in [1.807, 2.05) is 41.8 Å². The summed E-state index contributed by atoms with van der Waals surface area (Å²) in [5.74, 6) is -0.484. The number of carbonyl (C=O) groups excluding carboxylic acids is 1. The number of fused-ring (bicyclic) bond motifs is 1. The van der Waals surface area contributed by atoms with Crippen LogP contribution in [0.3, 0.4) is 0 Å². The van der Waals surface area contributed by atoms with Gasteiger partial charge in [0.1, 0.15) is 17.4 Å². The van der Waals surface area contributed by atoms with Crippen LogP contribution in [-0.2, 0) is 4.79 Å². The first-order chi connectivity index (χ1) is 13.2. The third-order valence-electron chi connectivity index (χ3n) is 4.25. The molecule has 1 aromatic heterocycles. The first kappa shape index (κ1) is 17.5. The monoisotopic (exact) mass is 392 g/mol. The number of ether oxygens (including phenoxy) is 1. The van der Waals surface area contributed by atoms with E-state index in [1.54, 1.807) is 18.2 Å². The Labute approximate surface area is 165 Å². The number of nitrogens with zero attached hydrogens (tertiary/aromatic N) is 2. The summed E-state index contributed by atoms with van der Waals surface area (Å²) >= 11 is 7.22. The SMILES string of the molecule is N#CC(C(=O)C1=Cc2ccccc2OC1)c1nc(-c2ccc(Cl)cc2)cs1. The molecule has 0 fully saturated rings. The molecule has 2 aromatic carbocycles. The van der Waals surface area contributed by atoms with Crippen LogP contribution in [0.1, 0.15) is 16.5 Å². The van der Waals surface area contributed by atoms with Crippen LogP contribution in [0, 0.1) is 11.3 Å². The lowest BCUT2D eigenvalue weighted by atomic mass is 9.96. The molecule has 0 radical (unpaired) electrons. The molecule has 6 heteroatoms. The molecule has 132 valence electrons. The third-order valence-corrected chi connectivity index (χ3v) is 5.41. The Morgan fingerprint density at radius 2 is 2.00 bits per heavy atom. The van der Waals surface area contributed by atoms with Crippen LogP contribution in [-0.4, -0.2) is 17.4 Å². The zero-order valence-electron chi connectivity index (χ0n) is 14.1. The lowest BCUT2D eigenvalue weighted by Gasteiger charge is -2.18.